The van der Waals surface area contributed by atoms with Gasteiger partial charge in [-0.1, -0.05) is 12.1 Å². The molecule has 5 nitrogen and oxygen atoms in total. The van der Waals surface area contributed by atoms with E-state index in [0.29, 0.717) is 18.7 Å². The van der Waals surface area contributed by atoms with Crippen LogP contribution in [0.1, 0.15) is 18.9 Å². The highest BCUT2D eigenvalue weighted by Gasteiger charge is 2.32. The maximum absolute atomic E-state index is 13.1. The van der Waals surface area contributed by atoms with Crippen LogP contribution in [0.5, 0.6) is 5.75 Å². The maximum Gasteiger partial charge on any atom is 0.249 e. The first kappa shape index (κ1) is 17.0. The van der Waals surface area contributed by atoms with Crippen LogP contribution >= 0.6 is 0 Å². The van der Waals surface area contributed by atoms with Gasteiger partial charge in [0, 0.05) is 19.2 Å². The number of carbonyl (C=O) groups excluding carboxylic acids is 2. The van der Waals surface area contributed by atoms with Crippen LogP contribution in [0.25, 0.3) is 0 Å². The molecule has 1 N–H and O–H groups in total. The second-order valence-corrected chi connectivity index (χ2v) is 5.94. The number of hydrogen-bond acceptors (Lipinski definition) is 3. The van der Waals surface area contributed by atoms with Crippen molar-refractivity contribution in [2.75, 3.05) is 11.4 Å². The van der Waals surface area contributed by atoms with Crippen LogP contribution in [0.3, 0.4) is 0 Å². The van der Waals surface area contributed by atoms with Crippen molar-refractivity contribution in [1.82, 2.24) is 5.32 Å². The average Bonchev–Trinajstić information content (AvgIpc) is 2.94. The Labute approximate surface area is 145 Å². The number of rotatable bonds is 5. The van der Waals surface area contributed by atoms with Gasteiger partial charge in [0.25, 0.3) is 0 Å². The molecule has 1 saturated heterocycles. The number of amides is 2. The molecule has 0 radical (unpaired) electrons. The molecule has 2 aromatic carbocycles. The lowest BCUT2D eigenvalue weighted by molar-refractivity contribution is -0.125. The number of nitrogens with zero attached hydrogens (tertiary/aromatic N) is 1. The summed E-state index contributed by atoms with van der Waals surface area (Å²) in [7, 11) is 0. The molecule has 3 rings (SSSR count). The standard InChI is InChI=1S/C19H19FN2O3/c1-13(23)21-18-9-10-22(19(18)24)16-5-7-17(8-6-16)25-12-14-3-2-4-15(20)11-14/h2-8,11,18H,9-10,12H2,1H3,(H,21,23)/t18-/m0/s1. The largest absolute Gasteiger partial charge is 0.489 e. The molecule has 2 amide bonds. The van der Waals surface area contributed by atoms with E-state index in [1.807, 2.05) is 0 Å². The van der Waals surface area contributed by atoms with Gasteiger partial charge in [0.15, 0.2) is 0 Å². The first-order valence-electron chi connectivity index (χ1n) is 8.09. The van der Waals surface area contributed by atoms with Crippen molar-refractivity contribution in [2.24, 2.45) is 0 Å². The summed E-state index contributed by atoms with van der Waals surface area (Å²) in [5.74, 6) is 0.0284. The summed E-state index contributed by atoms with van der Waals surface area (Å²) in [5, 5.41) is 2.66. The Balaban J connectivity index is 1.61. The zero-order chi connectivity index (χ0) is 17.8. The van der Waals surface area contributed by atoms with Gasteiger partial charge in [-0.15, -0.1) is 0 Å². The fourth-order valence-corrected chi connectivity index (χ4v) is 2.83. The number of hydrogen-bond donors (Lipinski definition) is 1. The van der Waals surface area contributed by atoms with Gasteiger partial charge in [-0.2, -0.15) is 0 Å². The lowest BCUT2D eigenvalue weighted by Crippen LogP contribution is -2.40. The summed E-state index contributed by atoms with van der Waals surface area (Å²) >= 11 is 0. The zero-order valence-corrected chi connectivity index (χ0v) is 13.9. The Morgan fingerprint density at radius 1 is 1.28 bits per heavy atom. The zero-order valence-electron chi connectivity index (χ0n) is 13.9. The minimum absolute atomic E-state index is 0.108. The third-order valence-electron chi connectivity index (χ3n) is 4.03. The smallest absolute Gasteiger partial charge is 0.249 e. The lowest BCUT2D eigenvalue weighted by atomic mass is 10.2. The van der Waals surface area contributed by atoms with E-state index in [2.05, 4.69) is 5.32 Å². The molecule has 6 heteroatoms. The predicted octanol–water partition coefficient (Wildman–Crippen LogP) is 2.65. The first-order chi connectivity index (χ1) is 12.0. The van der Waals surface area contributed by atoms with Gasteiger partial charge in [0.2, 0.25) is 11.8 Å². The molecule has 0 unspecified atom stereocenters. The molecule has 130 valence electrons. The van der Waals surface area contributed by atoms with Crippen molar-refractivity contribution < 1.29 is 18.7 Å². The van der Waals surface area contributed by atoms with E-state index in [-0.39, 0.29) is 24.2 Å². The highest BCUT2D eigenvalue weighted by molar-refractivity contribution is 6.01. The van der Waals surface area contributed by atoms with Crippen molar-refractivity contribution in [1.29, 1.82) is 0 Å². The molecular formula is C19H19FN2O3. The molecule has 0 aliphatic carbocycles. The van der Waals surface area contributed by atoms with E-state index in [1.165, 1.54) is 19.1 Å². The molecule has 25 heavy (non-hydrogen) atoms. The number of halogens is 1. The third-order valence-corrected chi connectivity index (χ3v) is 4.03. The highest BCUT2D eigenvalue weighted by atomic mass is 19.1. The Morgan fingerprint density at radius 2 is 2.04 bits per heavy atom. The molecule has 1 fully saturated rings. The monoisotopic (exact) mass is 342 g/mol. The number of benzene rings is 2. The molecule has 1 aliphatic rings. The topological polar surface area (TPSA) is 58.6 Å². The Kier molecular flexibility index (Phi) is 4.97. The summed E-state index contributed by atoms with van der Waals surface area (Å²) in [6.07, 6.45) is 0.593. The molecule has 0 spiro atoms. The lowest BCUT2D eigenvalue weighted by Gasteiger charge is -2.17. The highest BCUT2D eigenvalue weighted by Crippen LogP contribution is 2.24. The fourth-order valence-electron chi connectivity index (χ4n) is 2.83. The van der Waals surface area contributed by atoms with E-state index >= 15 is 0 Å². The predicted molar refractivity (Wildman–Crippen MR) is 91.7 cm³/mol. The third kappa shape index (κ3) is 4.15. The molecule has 0 bridgehead atoms. The SMILES string of the molecule is CC(=O)N[C@H]1CCN(c2ccc(OCc3cccc(F)c3)cc2)C1=O. The fraction of sp³-hybridized carbons (Fsp3) is 0.263. The van der Waals surface area contributed by atoms with Crippen LogP contribution in [0, 0.1) is 5.82 Å². The van der Waals surface area contributed by atoms with Gasteiger partial charge in [-0.3, -0.25) is 9.59 Å². The molecule has 2 aromatic rings. The molecule has 1 heterocycles. The van der Waals surface area contributed by atoms with Gasteiger partial charge in [-0.25, -0.2) is 4.39 Å². The minimum Gasteiger partial charge on any atom is -0.489 e. The molecule has 1 aliphatic heterocycles. The summed E-state index contributed by atoms with van der Waals surface area (Å²) in [4.78, 5) is 25.1. The minimum atomic E-state index is -0.457. The average molecular weight is 342 g/mol. The van der Waals surface area contributed by atoms with Gasteiger partial charge in [0.1, 0.15) is 24.2 Å². The van der Waals surface area contributed by atoms with Crippen molar-refractivity contribution in [2.45, 2.75) is 26.0 Å². The second kappa shape index (κ2) is 7.34. The van der Waals surface area contributed by atoms with E-state index in [1.54, 1.807) is 41.3 Å². The quantitative estimate of drug-likeness (QED) is 0.909. The Morgan fingerprint density at radius 3 is 2.72 bits per heavy atom. The Hall–Kier alpha value is -2.89. The first-order valence-corrected chi connectivity index (χ1v) is 8.09. The van der Waals surface area contributed by atoms with Crippen molar-refractivity contribution in [3.8, 4) is 5.75 Å². The summed E-state index contributed by atoms with van der Waals surface area (Å²) in [5.41, 5.74) is 1.51. The molecule has 0 aromatic heterocycles. The molecule has 1 atom stereocenters. The van der Waals surface area contributed by atoms with Crippen LogP contribution in [0.4, 0.5) is 10.1 Å². The van der Waals surface area contributed by atoms with E-state index in [0.717, 1.165) is 11.3 Å². The normalized spacial score (nSPS) is 16.8. The van der Waals surface area contributed by atoms with Gasteiger partial charge < -0.3 is 15.0 Å². The van der Waals surface area contributed by atoms with Crippen LogP contribution in [-0.2, 0) is 16.2 Å². The molecular weight excluding hydrogens is 323 g/mol. The van der Waals surface area contributed by atoms with E-state index in [9.17, 15) is 14.0 Å². The number of ether oxygens (including phenoxy) is 1. The Bertz CT molecular complexity index is 776. The van der Waals surface area contributed by atoms with Crippen molar-refractivity contribution >= 4 is 17.5 Å². The summed E-state index contributed by atoms with van der Waals surface area (Å²) in [6, 6.07) is 12.9. The van der Waals surface area contributed by atoms with Gasteiger partial charge in [-0.05, 0) is 48.4 Å². The van der Waals surface area contributed by atoms with E-state index in [4.69, 9.17) is 4.74 Å². The second-order valence-electron chi connectivity index (χ2n) is 5.94. The van der Waals surface area contributed by atoms with Crippen LogP contribution in [-0.4, -0.2) is 24.4 Å². The maximum atomic E-state index is 13.1. The van der Waals surface area contributed by atoms with E-state index < -0.39 is 6.04 Å². The number of anilines is 1. The molecule has 0 saturated carbocycles. The summed E-state index contributed by atoms with van der Waals surface area (Å²) in [6.45, 7) is 2.23. The number of nitrogens with one attached hydrogen (secondary N) is 1. The van der Waals surface area contributed by atoms with Crippen LogP contribution in [0.2, 0.25) is 0 Å². The van der Waals surface area contributed by atoms with Crippen LogP contribution in [0.15, 0.2) is 48.5 Å². The van der Waals surface area contributed by atoms with Gasteiger partial charge in [0.05, 0.1) is 0 Å². The van der Waals surface area contributed by atoms with Crippen molar-refractivity contribution in [3.05, 3.63) is 59.9 Å². The van der Waals surface area contributed by atoms with Gasteiger partial charge >= 0.3 is 0 Å². The number of carbonyl (C=O) groups is 2. The summed E-state index contributed by atoms with van der Waals surface area (Å²) < 4.78 is 18.8. The van der Waals surface area contributed by atoms with Crippen molar-refractivity contribution in [3.63, 3.8) is 0 Å². The van der Waals surface area contributed by atoms with Crippen LogP contribution < -0.4 is 15.0 Å².